The molecule has 2 heterocycles. The van der Waals surface area contributed by atoms with E-state index in [4.69, 9.17) is 4.74 Å². The second kappa shape index (κ2) is 7.10. The standard InChI is InChI=1S/C17H18N2O7S/c1-18(11-6-7-27(24,25)10-11)14(20)9-26-15(21)8-19-16(22)12-4-2-3-5-13(12)17(19)23/h2-5,11H,6-10H2,1H3/t11-/m1/s1. The third kappa shape index (κ3) is 3.85. The van der Waals surface area contributed by atoms with Crippen molar-refractivity contribution < 1.29 is 32.3 Å². The molecule has 0 radical (unpaired) electrons. The maximum atomic E-state index is 12.2. The number of rotatable bonds is 5. The molecule has 10 heteroatoms. The highest BCUT2D eigenvalue weighted by molar-refractivity contribution is 7.91. The van der Waals surface area contributed by atoms with Crippen LogP contribution in [0, 0.1) is 0 Å². The Hall–Kier alpha value is -2.75. The van der Waals surface area contributed by atoms with E-state index in [1.807, 2.05) is 0 Å². The van der Waals surface area contributed by atoms with Gasteiger partial charge < -0.3 is 9.64 Å². The van der Waals surface area contributed by atoms with Crippen molar-refractivity contribution >= 4 is 33.5 Å². The van der Waals surface area contributed by atoms with E-state index in [1.165, 1.54) is 24.1 Å². The van der Waals surface area contributed by atoms with Gasteiger partial charge in [-0.05, 0) is 18.6 Å². The number of hydrogen-bond acceptors (Lipinski definition) is 7. The number of nitrogens with zero attached hydrogens (tertiary/aromatic N) is 2. The molecule has 3 amide bonds. The van der Waals surface area contributed by atoms with Gasteiger partial charge in [-0.2, -0.15) is 0 Å². The molecule has 0 saturated carbocycles. The molecule has 0 aromatic heterocycles. The van der Waals surface area contributed by atoms with E-state index in [0.29, 0.717) is 6.42 Å². The lowest BCUT2D eigenvalue weighted by Gasteiger charge is -2.23. The minimum Gasteiger partial charge on any atom is -0.454 e. The number of benzene rings is 1. The fourth-order valence-corrected chi connectivity index (χ4v) is 4.86. The van der Waals surface area contributed by atoms with Gasteiger partial charge in [0, 0.05) is 13.1 Å². The van der Waals surface area contributed by atoms with Gasteiger partial charge >= 0.3 is 5.97 Å². The van der Waals surface area contributed by atoms with E-state index in [-0.39, 0.29) is 22.6 Å². The minimum atomic E-state index is -3.14. The molecule has 0 unspecified atom stereocenters. The SMILES string of the molecule is CN(C(=O)COC(=O)CN1C(=O)c2ccccc2C1=O)[C@@H]1CCS(=O)(=O)C1. The fraction of sp³-hybridized carbons (Fsp3) is 0.412. The topological polar surface area (TPSA) is 118 Å². The maximum Gasteiger partial charge on any atom is 0.326 e. The van der Waals surface area contributed by atoms with Gasteiger partial charge in [0.1, 0.15) is 6.54 Å². The van der Waals surface area contributed by atoms with Crippen LogP contribution in [0.25, 0.3) is 0 Å². The quantitative estimate of drug-likeness (QED) is 0.487. The van der Waals surface area contributed by atoms with Crippen molar-refractivity contribution in [2.45, 2.75) is 12.5 Å². The first-order chi connectivity index (χ1) is 12.7. The molecule has 1 fully saturated rings. The maximum absolute atomic E-state index is 12.2. The fourth-order valence-electron chi connectivity index (χ4n) is 3.09. The second-order valence-electron chi connectivity index (χ2n) is 6.46. The number of amides is 3. The number of hydrogen-bond donors (Lipinski definition) is 0. The monoisotopic (exact) mass is 394 g/mol. The number of esters is 1. The Bertz CT molecular complexity index is 890. The van der Waals surface area contributed by atoms with Crippen LogP contribution in [0.2, 0.25) is 0 Å². The van der Waals surface area contributed by atoms with Gasteiger partial charge in [0.05, 0.1) is 22.6 Å². The van der Waals surface area contributed by atoms with Crippen LogP contribution in [0.4, 0.5) is 0 Å². The molecule has 0 spiro atoms. The van der Waals surface area contributed by atoms with Crippen LogP contribution in [0.15, 0.2) is 24.3 Å². The van der Waals surface area contributed by atoms with Crippen molar-refractivity contribution in [3.63, 3.8) is 0 Å². The van der Waals surface area contributed by atoms with Crippen LogP contribution < -0.4 is 0 Å². The number of imide groups is 1. The molecule has 1 saturated heterocycles. The first-order valence-electron chi connectivity index (χ1n) is 8.26. The number of ether oxygens (including phenoxy) is 1. The summed E-state index contributed by atoms with van der Waals surface area (Å²) in [6.07, 6.45) is 0.341. The highest BCUT2D eigenvalue weighted by atomic mass is 32.2. The molecule has 0 aliphatic carbocycles. The van der Waals surface area contributed by atoms with Crippen molar-refractivity contribution in [1.29, 1.82) is 0 Å². The van der Waals surface area contributed by atoms with Crippen molar-refractivity contribution in [3.05, 3.63) is 35.4 Å². The molecular formula is C17H18N2O7S. The number of likely N-dealkylation sites (N-methyl/N-ethyl adjacent to an activating group) is 1. The lowest BCUT2D eigenvalue weighted by molar-refractivity contribution is -0.152. The number of carbonyl (C=O) groups excluding carboxylic acids is 4. The van der Waals surface area contributed by atoms with Crippen LogP contribution in [0.1, 0.15) is 27.1 Å². The number of fused-ring (bicyclic) bond motifs is 1. The van der Waals surface area contributed by atoms with E-state index >= 15 is 0 Å². The van der Waals surface area contributed by atoms with E-state index in [2.05, 4.69) is 0 Å². The van der Waals surface area contributed by atoms with Gasteiger partial charge in [0.25, 0.3) is 17.7 Å². The Labute approximate surface area is 155 Å². The van der Waals surface area contributed by atoms with Gasteiger partial charge in [-0.3, -0.25) is 24.1 Å². The summed E-state index contributed by atoms with van der Waals surface area (Å²) in [5.41, 5.74) is 0.433. The zero-order valence-electron chi connectivity index (χ0n) is 14.6. The molecule has 3 rings (SSSR count). The van der Waals surface area contributed by atoms with Gasteiger partial charge in [-0.25, -0.2) is 8.42 Å². The summed E-state index contributed by atoms with van der Waals surface area (Å²) >= 11 is 0. The molecule has 2 aliphatic heterocycles. The summed E-state index contributed by atoms with van der Waals surface area (Å²) in [5, 5.41) is 0. The molecule has 2 aliphatic rings. The van der Waals surface area contributed by atoms with Crippen molar-refractivity contribution in [3.8, 4) is 0 Å². The van der Waals surface area contributed by atoms with Gasteiger partial charge in [-0.1, -0.05) is 12.1 Å². The van der Waals surface area contributed by atoms with E-state index < -0.39 is 52.7 Å². The van der Waals surface area contributed by atoms with E-state index in [0.717, 1.165) is 4.90 Å². The summed E-state index contributed by atoms with van der Waals surface area (Å²) in [4.78, 5) is 50.5. The van der Waals surface area contributed by atoms with Crippen LogP contribution in [-0.2, 0) is 24.2 Å². The number of carbonyl (C=O) groups is 4. The van der Waals surface area contributed by atoms with Crippen molar-refractivity contribution in [2.24, 2.45) is 0 Å². The molecule has 9 nitrogen and oxygen atoms in total. The summed E-state index contributed by atoms with van der Waals surface area (Å²) < 4.78 is 27.8. The Morgan fingerprint density at radius 2 is 1.78 bits per heavy atom. The van der Waals surface area contributed by atoms with Gasteiger partial charge in [0.2, 0.25) is 0 Å². The molecular weight excluding hydrogens is 376 g/mol. The Kier molecular flexibility index (Phi) is 5.01. The molecule has 0 N–H and O–H groups in total. The van der Waals surface area contributed by atoms with Gasteiger partial charge in [0.15, 0.2) is 16.4 Å². The average molecular weight is 394 g/mol. The normalized spacial score (nSPS) is 20.5. The first kappa shape index (κ1) is 19.0. The Morgan fingerprint density at radius 3 is 2.30 bits per heavy atom. The third-order valence-corrected chi connectivity index (χ3v) is 6.42. The zero-order chi connectivity index (χ0) is 19.8. The van der Waals surface area contributed by atoms with Crippen LogP contribution in [0.5, 0.6) is 0 Å². The number of sulfone groups is 1. The average Bonchev–Trinajstić information content (AvgIpc) is 3.12. The lowest BCUT2D eigenvalue weighted by atomic mass is 10.1. The van der Waals surface area contributed by atoms with Crippen molar-refractivity contribution in [2.75, 3.05) is 31.7 Å². The predicted octanol–water partition coefficient (Wildman–Crippen LogP) is -0.529. The molecule has 144 valence electrons. The molecule has 1 aromatic carbocycles. The smallest absolute Gasteiger partial charge is 0.326 e. The van der Waals surface area contributed by atoms with E-state index in [1.54, 1.807) is 12.1 Å². The predicted molar refractivity (Wildman–Crippen MR) is 92.6 cm³/mol. The van der Waals surface area contributed by atoms with Crippen LogP contribution in [0.3, 0.4) is 0 Å². The summed E-state index contributed by atoms with van der Waals surface area (Å²) in [6, 6.07) is 5.77. The zero-order valence-corrected chi connectivity index (χ0v) is 15.4. The van der Waals surface area contributed by atoms with Crippen LogP contribution >= 0.6 is 0 Å². The third-order valence-electron chi connectivity index (χ3n) is 4.67. The Balaban J connectivity index is 1.52. The molecule has 27 heavy (non-hydrogen) atoms. The highest BCUT2D eigenvalue weighted by Crippen LogP contribution is 2.22. The molecule has 0 bridgehead atoms. The van der Waals surface area contributed by atoms with E-state index in [9.17, 15) is 27.6 Å². The van der Waals surface area contributed by atoms with Crippen LogP contribution in [-0.4, -0.2) is 79.7 Å². The largest absolute Gasteiger partial charge is 0.454 e. The van der Waals surface area contributed by atoms with Crippen molar-refractivity contribution in [1.82, 2.24) is 9.80 Å². The highest BCUT2D eigenvalue weighted by Gasteiger charge is 2.37. The molecule has 1 atom stereocenters. The molecule has 1 aromatic rings. The summed E-state index contributed by atoms with van der Waals surface area (Å²) in [5.74, 6) is -2.72. The van der Waals surface area contributed by atoms with Gasteiger partial charge in [-0.15, -0.1) is 0 Å². The summed E-state index contributed by atoms with van der Waals surface area (Å²) in [6.45, 7) is -1.18. The minimum absolute atomic E-state index is 0.0226. The lowest BCUT2D eigenvalue weighted by Crippen LogP contribution is -2.41. The first-order valence-corrected chi connectivity index (χ1v) is 10.1. The Morgan fingerprint density at radius 1 is 1.19 bits per heavy atom. The second-order valence-corrected chi connectivity index (χ2v) is 8.69. The summed E-state index contributed by atoms with van der Waals surface area (Å²) in [7, 11) is -1.69.